The Bertz CT molecular complexity index is 377. The summed E-state index contributed by atoms with van der Waals surface area (Å²) >= 11 is 0. The molecule has 0 atom stereocenters. The number of hydrogen-bond acceptors (Lipinski definition) is 5. The molecule has 0 saturated heterocycles. The Morgan fingerprint density at radius 2 is 2.00 bits per heavy atom. The number of ether oxygens (including phenoxy) is 2. The maximum atomic E-state index is 11.1. The Morgan fingerprint density at radius 3 is 2.53 bits per heavy atom. The molecule has 0 heterocycles. The molecule has 0 unspecified atom stereocenters. The van der Waals surface area contributed by atoms with E-state index < -0.39 is 0 Å². The first-order valence-electron chi connectivity index (χ1n) is 4.37. The molecule has 1 rings (SSSR count). The first kappa shape index (κ1) is 11.2. The Labute approximate surface area is 88.0 Å². The van der Waals surface area contributed by atoms with Crippen LogP contribution in [0.2, 0.25) is 0 Å². The number of carbonyl (C=O) groups is 1. The largest absolute Gasteiger partial charge is 0.497 e. The molecule has 0 radical (unpaired) electrons. The molecule has 0 aromatic heterocycles. The molecule has 0 aliphatic carbocycles. The van der Waals surface area contributed by atoms with Crippen molar-refractivity contribution >= 4 is 17.3 Å². The van der Waals surface area contributed by atoms with E-state index in [1.54, 1.807) is 12.1 Å². The van der Waals surface area contributed by atoms with Gasteiger partial charge in [-0.1, -0.05) is 0 Å². The fraction of sp³-hybridized carbons (Fsp3) is 0.300. The van der Waals surface area contributed by atoms with Crippen molar-refractivity contribution in [2.24, 2.45) is 0 Å². The van der Waals surface area contributed by atoms with Crippen LogP contribution in [0, 0.1) is 0 Å². The van der Waals surface area contributed by atoms with Crippen molar-refractivity contribution < 1.29 is 14.3 Å². The lowest BCUT2D eigenvalue weighted by Crippen LogP contribution is -2.08. The van der Waals surface area contributed by atoms with Crippen LogP contribution >= 0.6 is 0 Å². The third-order valence-corrected chi connectivity index (χ3v) is 2.07. The minimum absolute atomic E-state index is 0.0870. The number of anilines is 2. The van der Waals surface area contributed by atoms with Crippen LogP contribution in [-0.4, -0.2) is 20.2 Å². The van der Waals surface area contributed by atoms with Gasteiger partial charge in [-0.05, 0) is 11.6 Å². The van der Waals surface area contributed by atoms with Crippen LogP contribution in [0.25, 0.3) is 0 Å². The lowest BCUT2D eigenvalue weighted by molar-refractivity contribution is -0.139. The predicted octanol–water partition coefficient (Wildman–Crippen LogP) is 0.575. The molecule has 0 bridgehead atoms. The van der Waals surface area contributed by atoms with Gasteiger partial charge in [-0.2, -0.15) is 0 Å². The van der Waals surface area contributed by atoms with Crippen LogP contribution in [0.1, 0.15) is 5.56 Å². The Kier molecular flexibility index (Phi) is 3.38. The summed E-state index contributed by atoms with van der Waals surface area (Å²) in [4.78, 5) is 11.1. The van der Waals surface area contributed by atoms with Gasteiger partial charge in [-0.15, -0.1) is 0 Å². The number of methoxy groups -OCH3 is 2. The molecule has 0 amide bonds. The SMILES string of the molecule is COC(=O)Cc1cc(OC)cc(N)c1N. The lowest BCUT2D eigenvalue weighted by atomic mass is 10.1. The van der Waals surface area contributed by atoms with Gasteiger partial charge >= 0.3 is 5.97 Å². The van der Waals surface area contributed by atoms with Gasteiger partial charge in [0.25, 0.3) is 0 Å². The van der Waals surface area contributed by atoms with E-state index in [2.05, 4.69) is 4.74 Å². The topological polar surface area (TPSA) is 87.6 Å². The lowest BCUT2D eigenvalue weighted by Gasteiger charge is -2.10. The maximum Gasteiger partial charge on any atom is 0.310 e. The van der Waals surface area contributed by atoms with E-state index in [9.17, 15) is 4.79 Å². The highest BCUT2D eigenvalue weighted by Gasteiger charge is 2.10. The molecule has 5 heteroatoms. The normalized spacial score (nSPS) is 9.73. The Morgan fingerprint density at radius 1 is 1.33 bits per heavy atom. The van der Waals surface area contributed by atoms with Gasteiger partial charge < -0.3 is 20.9 Å². The second kappa shape index (κ2) is 4.54. The van der Waals surface area contributed by atoms with Crippen molar-refractivity contribution in [2.75, 3.05) is 25.7 Å². The van der Waals surface area contributed by atoms with Crippen molar-refractivity contribution in [2.45, 2.75) is 6.42 Å². The van der Waals surface area contributed by atoms with Crippen molar-refractivity contribution in [1.82, 2.24) is 0 Å². The Balaban J connectivity index is 3.05. The standard InChI is InChI=1S/C10H14N2O3/c1-14-7-3-6(4-9(13)15-2)10(12)8(11)5-7/h3,5H,4,11-12H2,1-2H3. The maximum absolute atomic E-state index is 11.1. The summed E-state index contributed by atoms with van der Waals surface area (Å²) in [6.07, 6.45) is 0.0870. The van der Waals surface area contributed by atoms with Gasteiger partial charge in [-0.3, -0.25) is 4.79 Å². The van der Waals surface area contributed by atoms with E-state index >= 15 is 0 Å². The molecule has 0 aliphatic heterocycles. The van der Waals surface area contributed by atoms with Gasteiger partial charge in [0.1, 0.15) is 5.75 Å². The summed E-state index contributed by atoms with van der Waals surface area (Å²) in [6.45, 7) is 0. The summed E-state index contributed by atoms with van der Waals surface area (Å²) in [5, 5.41) is 0. The van der Waals surface area contributed by atoms with Crippen LogP contribution in [0.5, 0.6) is 5.75 Å². The summed E-state index contributed by atoms with van der Waals surface area (Å²) in [7, 11) is 2.84. The zero-order valence-corrected chi connectivity index (χ0v) is 8.74. The van der Waals surface area contributed by atoms with Gasteiger partial charge in [0.15, 0.2) is 0 Å². The molecular weight excluding hydrogens is 196 g/mol. The Hall–Kier alpha value is -1.91. The van der Waals surface area contributed by atoms with E-state index in [1.165, 1.54) is 14.2 Å². The number of nitrogen functional groups attached to an aromatic ring is 2. The zero-order valence-electron chi connectivity index (χ0n) is 8.74. The molecular formula is C10H14N2O3. The molecule has 0 spiro atoms. The molecule has 1 aromatic rings. The fourth-order valence-corrected chi connectivity index (χ4v) is 1.20. The van der Waals surface area contributed by atoms with Crippen molar-refractivity contribution in [3.63, 3.8) is 0 Å². The van der Waals surface area contributed by atoms with Crippen LogP contribution in [0.15, 0.2) is 12.1 Å². The van der Waals surface area contributed by atoms with E-state index in [4.69, 9.17) is 16.2 Å². The zero-order chi connectivity index (χ0) is 11.4. The number of carbonyl (C=O) groups excluding carboxylic acids is 1. The molecule has 0 aliphatic rings. The van der Waals surface area contributed by atoms with Gasteiger partial charge in [-0.25, -0.2) is 0 Å². The monoisotopic (exact) mass is 210 g/mol. The van der Waals surface area contributed by atoms with Crippen molar-refractivity contribution in [1.29, 1.82) is 0 Å². The van der Waals surface area contributed by atoms with Crippen molar-refractivity contribution in [3.05, 3.63) is 17.7 Å². The number of esters is 1. The number of hydrogen-bond donors (Lipinski definition) is 2. The summed E-state index contributed by atoms with van der Waals surface area (Å²) in [6, 6.07) is 3.28. The quantitative estimate of drug-likeness (QED) is 0.562. The van der Waals surface area contributed by atoms with Crippen LogP contribution < -0.4 is 16.2 Å². The highest BCUT2D eigenvalue weighted by Crippen LogP contribution is 2.27. The second-order valence-corrected chi connectivity index (χ2v) is 3.04. The summed E-state index contributed by atoms with van der Waals surface area (Å²) in [5.41, 5.74) is 12.8. The van der Waals surface area contributed by atoms with Gasteiger partial charge in [0, 0.05) is 6.07 Å². The fourth-order valence-electron chi connectivity index (χ4n) is 1.20. The van der Waals surface area contributed by atoms with E-state index in [1.807, 2.05) is 0 Å². The molecule has 5 nitrogen and oxygen atoms in total. The van der Waals surface area contributed by atoms with E-state index in [0.717, 1.165) is 0 Å². The molecule has 1 aromatic carbocycles. The van der Waals surface area contributed by atoms with Gasteiger partial charge in [0.2, 0.25) is 0 Å². The summed E-state index contributed by atoms with van der Waals surface area (Å²) < 4.78 is 9.56. The smallest absolute Gasteiger partial charge is 0.310 e. The highest BCUT2D eigenvalue weighted by atomic mass is 16.5. The molecule has 82 valence electrons. The van der Waals surface area contributed by atoms with Crippen LogP contribution in [0.3, 0.4) is 0 Å². The third-order valence-electron chi connectivity index (χ3n) is 2.07. The average molecular weight is 210 g/mol. The first-order valence-corrected chi connectivity index (χ1v) is 4.37. The number of benzene rings is 1. The molecule has 4 N–H and O–H groups in total. The highest BCUT2D eigenvalue weighted by molar-refractivity contribution is 5.79. The molecule has 0 saturated carbocycles. The first-order chi connectivity index (χ1) is 7.08. The number of nitrogens with two attached hydrogens (primary N) is 2. The average Bonchev–Trinajstić information content (AvgIpc) is 2.24. The molecule has 0 fully saturated rings. The molecule has 15 heavy (non-hydrogen) atoms. The van der Waals surface area contributed by atoms with Crippen LogP contribution in [-0.2, 0) is 16.0 Å². The van der Waals surface area contributed by atoms with Crippen LogP contribution in [0.4, 0.5) is 11.4 Å². The van der Waals surface area contributed by atoms with Gasteiger partial charge in [0.05, 0.1) is 32.0 Å². The minimum atomic E-state index is -0.366. The minimum Gasteiger partial charge on any atom is -0.497 e. The van der Waals surface area contributed by atoms with Crippen molar-refractivity contribution in [3.8, 4) is 5.75 Å². The van der Waals surface area contributed by atoms with E-state index in [-0.39, 0.29) is 12.4 Å². The second-order valence-electron chi connectivity index (χ2n) is 3.04. The van der Waals surface area contributed by atoms with E-state index in [0.29, 0.717) is 22.7 Å². The number of rotatable bonds is 3. The third kappa shape index (κ3) is 2.52. The summed E-state index contributed by atoms with van der Waals surface area (Å²) in [5.74, 6) is 0.204. The predicted molar refractivity (Wildman–Crippen MR) is 57.5 cm³/mol.